The van der Waals surface area contributed by atoms with Crippen molar-refractivity contribution in [2.45, 2.75) is 18.0 Å². The second-order valence-corrected chi connectivity index (χ2v) is 7.58. The van der Waals surface area contributed by atoms with E-state index in [-0.39, 0.29) is 5.91 Å². The summed E-state index contributed by atoms with van der Waals surface area (Å²) in [6.45, 7) is 1.05. The van der Waals surface area contributed by atoms with Crippen LogP contribution in [0, 0.1) is 0 Å². The highest BCUT2D eigenvalue weighted by Gasteiger charge is 2.17. The molecule has 3 aromatic rings. The molecular weight excluding hydrogens is 362 g/mol. The molecule has 0 aliphatic heterocycles. The zero-order valence-electron chi connectivity index (χ0n) is 12.9. The number of carbonyl (C=O) groups excluding carboxylic acids is 1. The number of rotatable bonds is 7. The van der Waals surface area contributed by atoms with Gasteiger partial charge in [-0.1, -0.05) is 29.8 Å². The maximum atomic E-state index is 12.7. The van der Waals surface area contributed by atoms with Crippen LogP contribution >= 0.6 is 34.7 Å². The molecule has 1 aromatic carbocycles. The van der Waals surface area contributed by atoms with Crippen molar-refractivity contribution in [3.8, 4) is 0 Å². The molecule has 0 saturated carbocycles. The summed E-state index contributed by atoms with van der Waals surface area (Å²) in [5, 5.41) is 2.69. The van der Waals surface area contributed by atoms with Crippen LogP contribution in [0.25, 0.3) is 0 Å². The van der Waals surface area contributed by atoms with Gasteiger partial charge in [-0.15, -0.1) is 23.1 Å². The molecule has 0 saturated heterocycles. The Balaban J connectivity index is 1.67. The Morgan fingerprint density at radius 1 is 1.12 bits per heavy atom. The van der Waals surface area contributed by atoms with Crippen molar-refractivity contribution in [2.24, 2.45) is 0 Å². The lowest BCUT2D eigenvalue weighted by atomic mass is 10.3. The van der Waals surface area contributed by atoms with Crippen LogP contribution in [0.3, 0.4) is 0 Å². The number of halogens is 1. The van der Waals surface area contributed by atoms with E-state index in [0.29, 0.717) is 23.9 Å². The number of benzene rings is 1. The van der Waals surface area contributed by atoms with Gasteiger partial charge in [0.1, 0.15) is 5.76 Å². The predicted octanol–water partition coefficient (Wildman–Crippen LogP) is 5.32. The van der Waals surface area contributed by atoms with Crippen LogP contribution in [0.5, 0.6) is 0 Å². The van der Waals surface area contributed by atoms with Crippen LogP contribution < -0.4 is 0 Å². The van der Waals surface area contributed by atoms with E-state index >= 15 is 0 Å². The number of amides is 1. The van der Waals surface area contributed by atoms with E-state index in [1.807, 2.05) is 58.8 Å². The molecule has 0 aliphatic rings. The van der Waals surface area contributed by atoms with Crippen molar-refractivity contribution in [2.75, 3.05) is 5.75 Å². The maximum Gasteiger partial charge on any atom is 0.233 e. The van der Waals surface area contributed by atoms with E-state index in [0.717, 1.165) is 15.5 Å². The van der Waals surface area contributed by atoms with Crippen molar-refractivity contribution in [1.29, 1.82) is 0 Å². The molecule has 0 bridgehead atoms. The highest BCUT2D eigenvalue weighted by Crippen LogP contribution is 2.27. The smallest absolute Gasteiger partial charge is 0.233 e. The van der Waals surface area contributed by atoms with Crippen molar-refractivity contribution in [1.82, 2.24) is 4.90 Å². The van der Waals surface area contributed by atoms with E-state index in [2.05, 4.69) is 0 Å². The summed E-state index contributed by atoms with van der Waals surface area (Å²) in [7, 11) is 0. The average molecular weight is 378 g/mol. The molecule has 0 atom stereocenters. The number of hydrogen-bond donors (Lipinski definition) is 0. The molecular formula is C18H16ClNO2S2. The summed E-state index contributed by atoms with van der Waals surface area (Å²) in [6.07, 6.45) is 1.63. The van der Waals surface area contributed by atoms with E-state index in [4.69, 9.17) is 16.0 Å². The molecule has 0 aliphatic carbocycles. The van der Waals surface area contributed by atoms with Gasteiger partial charge in [0.2, 0.25) is 5.91 Å². The largest absolute Gasteiger partial charge is 0.467 e. The molecule has 0 radical (unpaired) electrons. The first kappa shape index (κ1) is 17.1. The lowest BCUT2D eigenvalue weighted by Gasteiger charge is -2.21. The molecule has 24 heavy (non-hydrogen) atoms. The van der Waals surface area contributed by atoms with E-state index in [1.165, 1.54) is 11.8 Å². The number of nitrogens with zero attached hydrogens (tertiary/aromatic N) is 1. The summed E-state index contributed by atoms with van der Waals surface area (Å²) in [6, 6.07) is 15.3. The first-order chi connectivity index (χ1) is 11.7. The van der Waals surface area contributed by atoms with Crippen molar-refractivity contribution >= 4 is 40.6 Å². The van der Waals surface area contributed by atoms with Gasteiger partial charge in [0, 0.05) is 9.77 Å². The Kier molecular flexibility index (Phi) is 6.01. The van der Waals surface area contributed by atoms with Gasteiger partial charge in [0.25, 0.3) is 0 Å². The van der Waals surface area contributed by atoms with Gasteiger partial charge in [-0.05, 0) is 35.7 Å². The summed E-state index contributed by atoms with van der Waals surface area (Å²) >= 11 is 9.26. The highest BCUT2D eigenvalue weighted by molar-refractivity contribution is 8.00. The second kappa shape index (κ2) is 8.42. The molecule has 0 N–H and O–H groups in total. The molecule has 3 nitrogen and oxygen atoms in total. The summed E-state index contributed by atoms with van der Waals surface area (Å²) in [5.74, 6) is 1.18. The van der Waals surface area contributed by atoms with Crippen LogP contribution in [0.2, 0.25) is 5.02 Å². The van der Waals surface area contributed by atoms with Crippen LogP contribution in [0.15, 0.2) is 69.5 Å². The quantitative estimate of drug-likeness (QED) is 0.523. The minimum absolute atomic E-state index is 0.0599. The zero-order chi connectivity index (χ0) is 16.8. The van der Waals surface area contributed by atoms with E-state index in [1.54, 1.807) is 17.6 Å². The van der Waals surface area contributed by atoms with E-state index < -0.39 is 0 Å². The summed E-state index contributed by atoms with van der Waals surface area (Å²) in [4.78, 5) is 16.6. The lowest BCUT2D eigenvalue weighted by Crippen LogP contribution is -2.31. The minimum Gasteiger partial charge on any atom is -0.467 e. The van der Waals surface area contributed by atoms with Gasteiger partial charge in [-0.3, -0.25) is 4.79 Å². The number of thioether (sulfide) groups is 1. The van der Waals surface area contributed by atoms with Gasteiger partial charge in [0.05, 0.1) is 30.1 Å². The fraction of sp³-hybridized carbons (Fsp3) is 0.167. The Hall–Kier alpha value is -1.69. The Labute approximate surface area is 154 Å². The van der Waals surface area contributed by atoms with Gasteiger partial charge in [-0.2, -0.15) is 0 Å². The van der Waals surface area contributed by atoms with Gasteiger partial charge in [0.15, 0.2) is 0 Å². The fourth-order valence-electron chi connectivity index (χ4n) is 2.21. The standard InChI is InChI=1S/C18H16ClNO2S2/c19-16-7-1-2-8-17(16)24-13-18(21)20(11-14-5-3-9-22-14)12-15-6-4-10-23-15/h1-10H,11-13H2. The number of thiophene rings is 1. The molecule has 1 amide bonds. The third-order valence-electron chi connectivity index (χ3n) is 3.39. The maximum absolute atomic E-state index is 12.7. The monoisotopic (exact) mass is 377 g/mol. The average Bonchev–Trinajstić information content (AvgIpc) is 3.27. The van der Waals surface area contributed by atoms with Crippen molar-refractivity contribution in [3.63, 3.8) is 0 Å². The van der Waals surface area contributed by atoms with Gasteiger partial charge < -0.3 is 9.32 Å². The third kappa shape index (κ3) is 4.66. The lowest BCUT2D eigenvalue weighted by molar-refractivity contribution is -0.129. The molecule has 0 spiro atoms. The molecule has 2 heterocycles. The first-order valence-electron chi connectivity index (χ1n) is 7.42. The SMILES string of the molecule is O=C(CSc1ccccc1Cl)N(Cc1ccco1)Cc1cccs1. The van der Waals surface area contributed by atoms with Crippen molar-refractivity contribution in [3.05, 3.63) is 75.8 Å². The van der Waals surface area contributed by atoms with Crippen LogP contribution in [0.1, 0.15) is 10.6 Å². The molecule has 124 valence electrons. The van der Waals surface area contributed by atoms with Crippen molar-refractivity contribution < 1.29 is 9.21 Å². The topological polar surface area (TPSA) is 33.5 Å². The Bertz CT molecular complexity index is 736. The molecule has 0 unspecified atom stereocenters. The zero-order valence-corrected chi connectivity index (χ0v) is 15.2. The normalized spacial score (nSPS) is 10.7. The highest BCUT2D eigenvalue weighted by atomic mass is 35.5. The number of hydrogen-bond acceptors (Lipinski definition) is 4. The van der Waals surface area contributed by atoms with Crippen LogP contribution in [-0.4, -0.2) is 16.6 Å². The van der Waals surface area contributed by atoms with Gasteiger partial charge >= 0.3 is 0 Å². The number of carbonyl (C=O) groups is 1. The first-order valence-corrected chi connectivity index (χ1v) is 9.66. The predicted molar refractivity (Wildman–Crippen MR) is 99.5 cm³/mol. The van der Waals surface area contributed by atoms with Gasteiger partial charge in [-0.25, -0.2) is 0 Å². The molecule has 0 fully saturated rings. The Morgan fingerprint density at radius 2 is 2.00 bits per heavy atom. The second-order valence-electron chi connectivity index (χ2n) is 5.13. The third-order valence-corrected chi connectivity index (χ3v) is 5.76. The molecule has 6 heteroatoms. The summed E-state index contributed by atoms with van der Waals surface area (Å²) in [5.41, 5.74) is 0. The van der Waals surface area contributed by atoms with Crippen LogP contribution in [-0.2, 0) is 17.9 Å². The van der Waals surface area contributed by atoms with E-state index in [9.17, 15) is 4.79 Å². The summed E-state index contributed by atoms with van der Waals surface area (Å²) < 4.78 is 5.40. The fourth-order valence-corrected chi connectivity index (χ4v) is 4.07. The minimum atomic E-state index is 0.0599. The Morgan fingerprint density at radius 3 is 2.71 bits per heavy atom. The number of furan rings is 1. The van der Waals surface area contributed by atoms with Crippen LogP contribution in [0.4, 0.5) is 0 Å². The molecule has 3 rings (SSSR count). The molecule has 2 aromatic heterocycles.